The quantitative estimate of drug-likeness (QED) is 0.765. The summed E-state index contributed by atoms with van der Waals surface area (Å²) in [5, 5.41) is 4.53. The topological polar surface area (TPSA) is 76.5 Å². The number of pyridine rings is 1. The fourth-order valence-electron chi connectivity index (χ4n) is 2.40. The van der Waals surface area contributed by atoms with Gasteiger partial charge in [-0.15, -0.1) is 0 Å². The fourth-order valence-corrected chi connectivity index (χ4v) is 2.40. The van der Waals surface area contributed by atoms with Gasteiger partial charge in [0.1, 0.15) is 0 Å². The molecule has 0 spiro atoms. The number of aromatic amines is 1. The molecule has 3 aromatic rings. The van der Waals surface area contributed by atoms with Gasteiger partial charge in [0.05, 0.1) is 28.9 Å². The third-order valence-electron chi connectivity index (χ3n) is 3.65. The average Bonchev–Trinajstić information content (AvgIpc) is 3.22. The number of aryl methyl sites for hydroxylation is 1. The van der Waals surface area contributed by atoms with Crippen LogP contribution in [-0.2, 0) is 7.05 Å². The molecule has 4 rings (SSSR count). The van der Waals surface area contributed by atoms with Crippen LogP contribution in [0.25, 0.3) is 22.4 Å². The van der Waals surface area contributed by atoms with Crippen LogP contribution in [0.4, 0.5) is 0 Å². The summed E-state index contributed by atoms with van der Waals surface area (Å²) < 4.78 is 1.83. The monoisotopic (exact) mass is 267 g/mol. The largest absolute Gasteiger partial charge is 0.311 e. The predicted molar refractivity (Wildman–Crippen MR) is 74.3 cm³/mol. The van der Waals surface area contributed by atoms with Gasteiger partial charge in [-0.1, -0.05) is 0 Å². The van der Waals surface area contributed by atoms with E-state index in [9.17, 15) is 4.79 Å². The van der Waals surface area contributed by atoms with Crippen LogP contribution in [0.3, 0.4) is 0 Å². The Kier molecular flexibility index (Phi) is 2.26. The van der Waals surface area contributed by atoms with E-state index in [1.54, 1.807) is 0 Å². The van der Waals surface area contributed by atoms with Gasteiger partial charge in [0.15, 0.2) is 5.52 Å². The molecule has 100 valence electrons. The number of hydrogen-bond donors (Lipinski definition) is 1. The van der Waals surface area contributed by atoms with Crippen molar-refractivity contribution in [1.29, 1.82) is 0 Å². The van der Waals surface area contributed by atoms with Gasteiger partial charge in [0.25, 0.3) is 5.56 Å². The van der Waals surface area contributed by atoms with Crippen LogP contribution >= 0.6 is 0 Å². The van der Waals surface area contributed by atoms with Gasteiger partial charge in [-0.25, -0.2) is 9.97 Å². The summed E-state index contributed by atoms with van der Waals surface area (Å²) in [5.74, 6) is 0.598. The van der Waals surface area contributed by atoms with Crippen molar-refractivity contribution in [1.82, 2.24) is 24.7 Å². The first-order valence-electron chi connectivity index (χ1n) is 6.61. The summed E-state index contributed by atoms with van der Waals surface area (Å²) >= 11 is 0. The SMILES string of the molecule is Cn1nc(C2CC2)cc1-c1ccc2nc[nH]c(=O)c2n1. The number of aromatic nitrogens is 5. The summed E-state index contributed by atoms with van der Waals surface area (Å²) in [5.41, 5.74) is 3.53. The first-order valence-corrected chi connectivity index (χ1v) is 6.61. The van der Waals surface area contributed by atoms with Crippen LogP contribution in [0, 0.1) is 0 Å². The van der Waals surface area contributed by atoms with Crippen molar-refractivity contribution in [3.8, 4) is 11.4 Å². The minimum Gasteiger partial charge on any atom is -0.311 e. The van der Waals surface area contributed by atoms with Crippen molar-refractivity contribution in [2.24, 2.45) is 7.05 Å². The zero-order valence-corrected chi connectivity index (χ0v) is 11.0. The Morgan fingerprint density at radius 2 is 2.20 bits per heavy atom. The van der Waals surface area contributed by atoms with Crippen LogP contribution in [0.2, 0.25) is 0 Å². The van der Waals surface area contributed by atoms with Crippen molar-refractivity contribution in [3.63, 3.8) is 0 Å². The third-order valence-corrected chi connectivity index (χ3v) is 3.65. The number of nitrogens with one attached hydrogen (secondary N) is 1. The second-order valence-electron chi connectivity index (χ2n) is 5.15. The Morgan fingerprint density at radius 3 is 3.00 bits per heavy atom. The molecule has 1 N–H and O–H groups in total. The lowest BCUT2D eigenvalue weighted by atomic mass is 10.2. The van der Waals surface area contributed by atoms with Gasteiger partial charge in [0, 0.05) is 13.0 Å². The zero-order chi connectivity index (χ0) is 13.7. The van der Waals surface area contributed by atoms with Crippen molar-refractivity contribution in [2.75, 3.05) is 0 Å². The Morgan fingerprint density at radius 1 is 1.35 bits per heavy atom. The van der Waals surface area contributed by atoms with E-state index in [1.807, 2.05) is 23.9 Å². The molecule has 1 aliphatic carbocycles. The van der Waals surface area contributed by atoms with Gasteiger partial charge < -0.3 is 4.98 Å². The molecule has 0 bridgehead atoms. The number of H-pyrrole nitrogens is 1. The second kappa shape index (κ2) is 4.00. The van der Waals surface area contributed by atoms with E-state index >= 15 is 0 Å². The normalized spacial score (nSPS) is 14.8. The van der Waals surface area contributed by atoms with Crippen LogP contribution in [-0.4, -0.2) is 24.7 Å². The number of hydrogen-bond acceptors (Lipinski definition) is 4. The van der Waals surface area contributed by atoms with E-state index in [4.69, 9.17) is 0 Å². The van der Waals surface area contributed by atoms with Crippen LogP contribution in [0.15, 0.2) is 29.3 Å². The molecule has 3 aromatic heterocycles. The van der Waals surface area contributed by atoms with E-state index in [0.717, 1.165) is 17.1 Å². The lowest BCUT2D eigenvalue weighted by Crippen LogP contribution is -2.08. The van der Waals surface area contributed by atoms with Crippen LogP contribution in [0.1, 0.15) is 24.5 Å². The molecule has 1 saturated carbocycles. The molecule has 1 aliphatic rings. The maximum Gasteiger partial charge on any atom is 0.277 e. The first kappa shape index (κ1) is 11.3. The molecule has 6 nitrogen and oxygen atoms in total. The molecule has 0 amide bonds. The lowest BCUT2D eigenvalue weighted by Gasteiger charge is -2.02. The summed E-state index contributed by atoms with van der Waals surface area (Å²) in [7, 11) is 1.90. The van der Waals surface area contributed by atoms with Crippen molar-refractivity contribution in [3.05, 3.63) is 40.6 Å². The fraction of sp³-hybridized carbons (Fsp3) is 0.286. The van der Waals surface area contributed by atoms with E-state index in [-0.39, 0.29) is 5.56 Å². The molecular weight excluding hydrogens is 254 g/mol. The van der Waals surface area contributed by atoms with E-state index in [1.165, 1.54) is 19.2 Å². The molecule has 0 saturated heterocycles. The minimum atomic E-state index is -0.221. The second-order valence-corrected chi connectivity index (χ2v) is 5.15. The first-order chi connectivity index (χ1) is 9.72. The molecular formula is C14H13N5O. The number of rotatable bonds is 2. The molecule has 0 aliphatic heterocycles. The van der Waals surface area contributed by atoms with Gasteiger partial charge in [-0.3, -0.25) is 9.48 Å². The maximum absolute atomic E-state index is 11.8. The molecule has 6 heteroatoms. The highest BCUT2D eigenvalue weighted by Crippen LogP contribution is 2.40. The highest BCUT2D eigenvalue weighted by molar-refractivity contribution is 5.76. The standard InChI is InChI=1S/C14H13N5O/c1-19-12(6-11(18-19)8-2-3-8)9-4-5-10-13(17-9)14(20)16-7-15-10/h4-8H,2-3H2,1H3,(H,15,16,20). The van der Waals surface area contributed by atoms with Gasteiger partial charge in [0.2, 0.25) is 0 Å². The lowest BCUT2D eigenvalue weighted by molar-refractivity contribution is 0.749. The maximum atomic E-state index is 11.8. The molecule has 3 heterocycles. The van der Waals surface area contributed by atoms with E-state index < -0.39 is 0 Å². The van der Waals surface area contributed by atoms with Gasteiger partial charge >= 0.3 is 0 Å². The Labute approximate surface area is 114 Å². The van der Waals surface area contributed by atoms with E-state index in [0.29, 0.717) is 17.0 Å². The zero-order valence-electron chi connectivity index (χ0n) is 11.0. The molecule has 0 aromatic carbocycles. The highest BCUT2D eigenvalue weighted by Gasteiger charge is 2.27. The third kappa shape index (κ3) is 1.72. The summed E-state index contributed by atoms with van der Waals surface area (Å²) in [6, 6.07) is 5.76. The van der Waals surface area contributed by atoms with Crippen LogP contribution in [0.5, 0.6) is 0 Å². The van der Waals surface area contributed by atoms with Gasteiger partial charge in [-0.2, -0.15) is 5.10 Å². The summed E-state index contributed by atoms with van der Waals surface area (Å²) in [6.45, 7) is 0. The smallest absolute Gasteiger partial charge is 0.277 e. The Bertz CT molecular complexity index is 859. The van der Waals surface area contributed by atoms with Crippen molar-refractivity contribution < 1.29 is 0 Å². The van der Waals surface area contributed by atoms with Crippen molar-refractivity contribution in [2.45, 2.75) is 18.8 Å². The molecule has 0 atom stereocenters. The average molecular weight is 267 g/mol. The highest BCUT2D eigenvalue weighted by atomic mass is 16.1. The minimum absolute atomic E-state index is 0.221. The molecule has 1 fully saturated rings. The van der Waals surface area contributed by atoms with Crippen molar-refractivity contribution >= 4 is 11.0 Å². The van der Waals surface area contributed by atoms with E-state index in [2.05, 4.69) is 26.1 Å². The predicted octanol–water partition coefficient (Wildman–Crippen LogP) is 1.60. The molecule has 20 heavy (non-hydrogen) atoms. The Hall–Kier alpha value is -2.50. The molecule has 0 unspecified atom stereocenters. The Balaban J connectivity index is 1.89. The summed E-state index contributed by atoms with van der Waals surface area (Å²) in [4.78, 5) is 22.9. The van der Waals surface area contributed by atoms with Crippen LogP contribution < -0.4 is 5.56 Å². The molecule has 0 radical (unpaired) electrons. The summed E-state index contributed by atoms with van der Waals surface area (Å²) in [6.07, 6.45) is 3.82. The van der Waals surface area contributed by atoms with Gasteiger partial charge in [-0.05, 0) is 31.0 Å². The number of fused-ring (bicyclic) bond motifs is 1. The number of nitrogens with zero attached hydrogens (tertiary/aromatic N) is 4.